The van der Waals surface area contributed by atoms with Gasteiger partial charge in [0.15, 0.2) is 11.6 Å². The number of benzene rings is 2. The summed E-state index contributed by atoms with van der Waals surface area (Å²) >= 11 is 5.77. The number of carbonyl (C=O) groups excluding carboxylic acids is 2. The number of amides is 2. The lowest BCUT2D eigenvalue weighted by Crippen LogP contribution is -2.41. The van der Waals surface area contributed by atoms with Crippen LogP contribution in [0.3, 0.4) is 0 Å². The Balaban J connectivity index is 2.00. The Hall–Kier alpha value is -2.60. The summed E-state index contributed by atoms with van der Waals surface area (Å²) < 4.78 is 18.3. The van der Waals surface area contributed by atoms with Crippen molar-refractivity contribution in [3.05, 3.63) is 64.4 Å². The Labute approximate surface area is 131 Å². The second-order valence-electron chi connectivity index (χ2n) is 4.27. The zero-order chi connectivity index (χ0) is 16.1. The Morgan fingerprint density at radius 3 is 2.23 bits per heavy atom. The first-order chi connectivity index (χ1) is 10.5. The molecule has 0 saturated heterocycles. The van der Waals surface area contributed by atoms with Crippen LogP contribution in [0.1, 0.15) is 20.7 Å². The molecule has 0 unspecified atom stereocenters. The van der Waals surface area contributed by atoms with Crippen molar-refractivity contribution in [3.8, 4) is 5.75 Å². The fourth-order valence-corrected chi connectivity index (χ4v) is 1.89. The van der Waals surface area contributed by atoms with Crippen molar-refractivity contribution >= 4 is 23.4 Å². The molecule has 0 aliphatic carbocycles. The fourth-order valence-electron chi connectivity index (χ4n) is 1.70. The SMILES string of the molecule is COc1ccc(C(=O)NNC(=O)c2cccc(Cl)c2)cc1F. The van der Waals surface area contributed by atoms with Gasteiger partial charge in [-0.25, -0.2) is 4.39 Å². The molecule has 0 aliphatic rings. The Morgan fingerprint density at radius 2 is 1.68 bits per heavy atom. The molecule has 0 atom stereocenters. The van der Waals surface area contributed by atoms with E-state index in [0.717, 1.165) is 6.07 Å². The van der Waals surface area contributed by atoms with Crippen molar-refractivity contribution in [2.45, 2.75) is 0 Å². The first kappa shape index (κ1) is 15.8. The van der Waals surface area contributed by atoms with Crippen LogP contribution < -0.4 is 15.6 Å². The molecule has 0 saturated carbocycles. The molecule has 2 amide bonds. The zero-order valence-corrected chi connectivity index (χ0v) is 12.3. The lowest BCUT2D eigenvalue weighted by atomic mass is 10.2. The van der Waals surface area contributed by atoms with E-state index in [1.165, 1.54) is 25.3 Å². The standard InChI is InChI=1S/C15H12ClFN2O3/c1-22-13-6-5-10(8-12(13)17)15(21)19-18-14(20)9-3-2-4-11(16)7-9/h2-8H,1H3,(H,18,20)(H,19,21). The molecule has 0 bridgehead atoms. The van der Waals surface area contributed by atoms with Crippen molar-refractivity contribution in [2.75, 3.05) is 7.11 Å². The van der Waals surface area contributed by atoms with Gasteiger partial charge in [0, 0.05) is 16.1 Å². The summed E-state index contributed by atoms with van der Waals surface area (Å²) in [5.74, 6) is -1.84. The van der Waals surface area contributed by atoms with Crippen LogP contribution in [0.5, 0.6) is 5.75 Å². The summed E-state index contributed by atoms with van der Waals surface area (Å²) in [4.78, 5) is 23.7. The van der Waals surface area contributed by atoms with Gasteiger partial charge in [0.2, 0.25) is 0 Å². The number of hydrogen-bond donors (Lipinski definition) is 2. The Kier molecular flexibility index (Phi) is 4.95. The lowest BCUT2D eigenvalue weighted by molar-refractivity contribution is 0.0846. The van der Waals surface area contributed by atoms with E-state index in [-0.39, 0.29) is 16.9 Å². The molecule has 2 rings (SSSR count). The summed E-state index contributed by atoms with van der Waals surface area (Å²) in [5.41, 5.74) is 4.75. The minimum Gasteiger partial charge on any atom is -0.494 e. The second kappa shape index (κ2) is 6.91. The molecule has 2 N–H and O–H groups in total. The van der Waals surface area contributed by atoms with Crippen LogP contribution in [-0.2, 0) is 0 Å². The molecule has 0 heterocycles. The highest BCUT2D eigenvalue weighted by atomic mass is 35.5. The predicted molar refractivity (Wildman–Crippen MR) is 79.3 cm³/mol. The molecule has 0 aromatic heterocycles. The average Bonchev–Trinajstić information content (AvgIpc) is 2.52. The summed E-state index contributed by atoms with van der Waals surface area (Å²) in [7, 11) is 1.32. The molecular formula is C15H12ClFN2O3. The fraction of sp³-hybridized carbons (Fsp3) is 0.0667. The topological polar surface area (TPSA) is 67.4 Å². The summed E-state index contributed by atoms with van der Waals surface area (Å²) in [5, 5.41) is 0.399. The number of hydrazine groups is 1. The van der Waals surface area contributed by atoms with Gasteiger partial charge >= 0.3 is 0 Å². The number of hydrogen-bond acceptors (Lipinski definition) is 3. The molecule has 2 aromatic rings. The highest BCUT2D eigenvalue weighted by molar-refractivity contribution is 6.30. The number of carbonyl (C=O) groups is 2. The van der Waals surface area contributed by atoms with Gasteiger partial charge in [0.25, 0.3) is 11.8 Å². The highest BCUT2D eigenvalue weighted by Gasteiger charge is 2.12. The first-order valence-electron chi connectivity index (χ1n) is 6.21. The van der Waals surface area contributed by atoms with Gasteiger partial charge < -0.3 is 4.74 Å². The summed E-state index contributed by atoms with van der Waals surface area (Å²) in [6.45, 7) is 0. The molecule has 0 spiro atoms. The van der Waals surface area contributed by atoms with E-state index < -0.39 is 17.6 Å². The molecular weight excluding hydrogens is 311 g/mol. The third kappa shape index (κ3) is 3.73. The minimum absolute atomic E-state index is 0.0273. The molecule has 0 fully saturated rings. The first-order valence-corrected chi connectivity index (χ1v) is 6.59. The minimum atomic E-state index is -0.670. The maximum atomic E-state index is 13.5. The van der Waals surface area contributed by atoms with Gasteiger partial charge in [-0.2, -0.15) is 0 Å². The van der Waals surface area contributed by atoms with E-state index in [1.54, 1.807) is 18.2 Å². The van der Waals surface area contributed by atoms with E-state index >= 15 is 0 Å². The average molecular weight is 323 g/mol. The van der Waals surface area contributed by atoms with Crippen molar-refractivity contribution in [2.24, 2.45) is 0 Å². The molecule has 7 heteroatoms. The molecule has 0 aliphatic heterocycles. The molecule has 0 radical (unpaired) electrons. The van der Waals surface area contributed by atoms with Gasteiger partial charge in [-0.05, 0) is 36.4 Å². The van der Waals surface area contributed by atoms with Gasteiger partial charge in [-0.3, -0.25) is 20.4 Å². The van der Waals surface area contributed by atoms with Crippen LogP contribution in [0.4, 0.5) is 4.39 Å². The summed E-state index contributed by atoms with van der Waals surface area (Å²) in [6.07, 6.45) is 0. The van der Waals surface area contributed by atoms with Gasteiger partial charge in [0.05, 0.1) is 7.11 Å². The van der Waals surface area contributed by atoms with Crippen molar-refractivity contribution in [1.29, 1.82) is 0 Å². The number of nitrogens with one attached hydrogen (secondary N) is 2. The predicted octanol–water partition coefficient (Wildman–Crippen LogP) is 2.56. The number of halogens is 2. The number of ether oxygens (including phenoxy) is 1. The zero-order valence-electron chi connectivity index (χ0n) is 11.5. The van der Waals surface area contributed by atoms with Crippen LogP contribution in [0, 0.1) is 5.82 Å². The Morgan fingerprint density at radius 1 is 1.05 bits per heavy atom. The van der Waals surface area contributed by atoms with Crippen molar-refractivity contribution in [1.82, 2.24) is 10.9 Å². The van der Waals surface area contributed by atoms with Crippen molar-refractivity contribution < 1.29 is 18.7 Å². The third-order valence-corrected chi connectivity index (χ3v) is 3.03. The summed E-state index contributed by atoms with van der Waals surface area (Å²) in [6, 6.07) is 9.94. The van der Waals surface area contributed by atoms with E-state index in [0.29, 0.717) is 5.02 Å². The van der Waals surface area contributed by atoms with E-state index in [4.69, 9.17) is 16.3 Å². The van der Waals surface area contributed by atoms with Crippen LogP contribution >= 0.6 is 11.6 Å². The van der Waals surface area contributed by atoms with Crippen LogP contribution in [0.2, 0.25) is 5.02 Å². The smallest absolute Gasteiger partial charge is 0.269 e. The van der Waals surface area contributed by atoms with Crippen molar-refractivity contribution in [3.63, 3.8) is 0 Å². The van der Waals surface area contributed by atoms with Gasteiger partial charge in [0.1, 0.15) is 0 Å². The Bertz CT molecular complexity index is 722. The number of methoxy groups -OCH3 is 1. The van der Waals surface area contributed by atoms with Crippen LogP contribution in [0.15, 0.2) is 42.5 Å². The highest BCUT2D eigenvalue weighted by Crippen LogP contribution is 2.17. The largest absolute Gasteiger partial charge is 0.494 e. The molecule has 5 nitrogen and oxygen atoms in total. The quantitative estimate of drug-likeness (QED) is 0.853. The lowest BCUT2D eigenvalue weighted by Gasteiger charge is -2.08. The molecule has 114 valence electrons. The second-order valence-corrected chi connectivity index (χ2v) is 4.70. The van der Waals surface area contributed by atoms with E-state index in [9.17, 15) is 14.0 Å². The van der Waals surface area contributed by atoms with Crippen LogP contribution in [0.25, 0.3) is 0 Å². The van der Waals surface area contributed by atoms with Crippen LogP contribution in [-0.4, -0.2) is 18.9 Å². The maximum Gasteiger partial charge on any atom is 0.269 e. The molecule has 22 heavy (non-hydrogen) atoms. The number of rotatable bonds is 3. The van der Waals surface area contributed by atoms with E-state index in [1.807, 2.05) is 0 Å². The van der Waals surface area contributed by atoms with E-state index in [2.05, 4.69) is 10.9 Å². The van der Waals surface area contributed by atoms with Gasteiger partial charge in [-0.1, -0.05) is 17.7 Å². The third-order valence-electron chi connectivity index (χ3n) is 2.79. The normalized spacial score (nSPS) is 9.95. The molecule has 2 aromatic carbocycles. The maximum absolute atomic E-state index is 13.5. The van der Waals surface area contributed by atoms with Gasteiger partial charge in [-0.15, -0.1) is 0 Å². The monoisotopic (exact) mass is 322 g/mol.